The van der Waals surface area contributed by atoms with Crippen LogP contribution in [0.5, 0.6) is 5.75 Å². The van der Waals surface area contributed by atoms with Crippen molar-refractivity contribution in [2.75, 3.05) is 19.8 Å². The molecule has 0 saturated carbocycles. The Labute approximate surface area is 116 Å². The molecule has 0 bridgehead atoms. The Morgan fingerprint density at radius 2 is 2.15 bits per heavy atom. The van der Waals surface area contributed by atoms with Crippen molar-refractivity contribution in [2.45, 2.75) is 6.54 Å². The Morgan fingerprint density at radius 3 is 2.80 bits per heavy atom. The molecule has 8 heteroatoms. The van der Waals surface area contributed by atoms with Crippen LogP contribution in [-0.4, -0.2) is 47.2 Å². The molecule has 20 heavy (non-hydrogen) atoms. The average molecular weight is 297 g/mol. The van der Waals surface area contributed by atoms with E-state index >= 15 is 0 Å². The fourth-order valence-electron chi connectivity index (χ4n) is 1.83. The topological polar surface area (TPSA) is 92.5 Å². The Kier molecular flexibility index (Phi) is 3.78. The molecule has 0 radical (unpaired) electrons. The first-order chi connectivity index (χ1) is 9.30. The molecule has 0 saturated heterocycles. The number of pyridine rings is 2. The quantitative estimate of drug-likeness (QED) is 0.857. The molecule has 2 heterocycles. The number of nitrogens with zero attached hydrogens (tertiary/aromatic N) is 3. The molecule has 0 amide bonds. The molecule has 0 aliphatic rings. The van der Waals surface area contributed by atoms with Crippen LogP contribution in [0.15, 0.2) is 29.2 Å². The summed E-state index contributed by atoms with van der Waals surface area (Å²) in [4.78, 5) is 15.9. The van der Waals surface area contributed by atoms with Crippen LogP contribution in [0.25, 0.3) is 11.0 Å². The Balaban J connectivity index is 2.43. The van der Waals surface area contributed by atoms with Gasteiger partial charge in [0.25, 0.3) is 5.56 Å². The minimum atomic E-state index is -3.29. The lowest BCUT2D eigenvalue weighted by molar-refractivity contribution is 0.446. The molecule has 7 nitrogen and oxygen atoms in total. The zero-order valence-electron chi connectivity index (χ0n) is 11.1. The third-order valence-electron chi connectivity index (χ3n) is 3.05. The highest BCUT2D eigenvalue weighted by Gasteiger charge is 2.13. The van der Waals surface area contributed by atoms with E-state index in [2.05, 4.69) is 4.98 Å². The van der Waals surface area contributed by atoms with Gasteiger partial charge >= 0.3 is 0 Å². The summed E-state index contributed by atoms with van der Waals surface area (Å²) >= 11 is 0. The van der Waals surface area contributed by atoms with E-state index < -0.39 is 15.6 Å². The lowest BCUT2D eigenvalue weighted by Gasteiger charge is -2.16. The van der Waals surface area contributed by atoms with Gasteiger partial charge < -0.3 is 9.67 Å². The average Bonchev–Trinajstić information content (AvgIpc) is 2.37. The number of fused-ring (bicyclic) bond motifs is 1. The smallest absolute Gasteiger partial charge is 0.254 e. The molecule has 0 aromatic carbocycles. The molecule has 0 aliphatic carbocycles. The summed E-state index contributed by atoms with van der Waals surface area (Å²) in [5, 5.41) is 9.70. The summed E-state index contributed by atoms with van der Waals surface area (Å²) in [5.41, 5.74) is 0.387. The molecule has 108 valence electrons. The first-order valence-corrected chi connectivity index (χ1v) is 7.74. The van der Waals surface area contributed by atoms with Gasteiger partial charge in [0.05, 0.1) is 11.8 Å². The molecule has 0 fully saturated rings. The number of aromatic nitrogens is 2. The largest absolute Gasteiger partial charge is 0.505 e. The molecule has 0 aliphatic heterocycles. The van der Waals surface area contributed by atoms with E-state index in [9.17, 15) is 18.3 Å². The molecular weight excluding hydrogens is 282 g/mol. The Hall–Kier alpha value is -1.93. The molecular formula is C12H15N3O4S. The highest BCUT2D eigenvalue weighted by atomic mass is 32.2. The van der Waals surface area contributed by atoms with Gasteiger partial charge in [-0.1, -0.05) is 0 Å². The normalized spacial score (nSPS) is 12.2. The van der Waals surface area contributed by atoms with Crippen LogP contribution < -0.4 is 5.56 Å². The standard InChI is InChI=1S/C12H15N3O4S/c1-14(20(2,18)19)6-7-15-9-4-3-5-13-12(9)10(16)8-11(15)17/h3-5,8,16H,6-7H2,1-2H3. The number of likely N-dealkylation sites (N-methyl/N-ethyl adjacent to an activating group) is 1. The number of aromatic hydroxyl groups is 1. The van der Waals surface area contributed by atoms with Crippen LogP contribution in [0, 0.1) is 0 Å². The summed E-state index contributed by atoms with van der Waals surface area (Å²) in [6, 6.07) is 4.39. The van der Waals surface area contributed by atoms with E-state index in [0.717, 1.165) is 16.6 Å². The molecule has 0 atom stereocenters. The Morgan fingerprint density at radius 1 is 1.45 bits per heavy atom. The second-order valence-electron chi connectivity index (χ2n) is 4.48. The maximum absolute atomic E-state index is 11.9. The van der Waals surface area contributed by atoms with Gasteiger partial charge in [-0.3, -0.25) is 9.78 Å². The third kappa shape index (κ3) is 2.81. The van der Waals surface area contributed by atoms with Crippen molar-refractivity contribution >= 4 is 21.1 Å². The monoisotopic (exact) mass is 297 g/mol. The minimum Gasteiger partial charge on any atom is -0.505 e. The highest BCUT2D eigenvalue weighted by molar-refractivity contribution is 7.88. The van der Waals surface area contributed by atoms with Gasteiger partial charge in [-0.05, 0) is 12.1 Å². The summed E-state index contributed by atoms with van der Waals surface area (Å²) in [5.74, 6) is -0.182. The van der Waals surface area contributed by atoms with Crippen molar-refractivity contribution in [3.05, 3.63) is 34.7 Å². The van der Waals surface area contributed by atoms with Crippen molar-refractivity contribution in [3.63, 3.8) is 0 Å². The zero-order valence-corrected chi connectivity index (χ0v) is 12.0. The maximum Gasteiger partial charge on any atom is 0.254 e. The van der Waals surface area contributed by atoms with E-state index in [-0.39, 0.29) is 18.8 Å². The van der Waals surface area contributed by atoms with Crippen LogP contribution in [0.4, 0.5) is 0 Å². The molecule has 0 spiro atoms. The summed E-state index contributed by atoms with van der Waals surface area (Å²) in [7, 11) is -1.85. The maximum atomic E-state index is 11.9. The van der Waals surface area contributed by atoms with Gasteiger partial charge in [-0.15, -0.1) is 0 Å². The van der Waals surface area contributed by atoms with Crippen LogP contribution in [0.2, 0.25) is 0 Å². The number of sulfonamides is 1. The lowest BCUT2D eigenvalue weighted by Crippen LogP contribution is -2.32. The van der Waals surface area contributed by atoms with E-state index in [1.165, 1.54) is 17.8 Å². The van der Waals surface area contributed by atoms with Gasteiger partial charge in [-0.25, -0.2) is 12.7 Å². The second-order valence-corrected chi connectivity index (χ2v) is 6.56. The van der Waals surface area contributed by atoms with Gasteiger partial charge in [0, 0.05) is 32.4 Å². The van der Waals surface area contributed by atoms with E-state index in [0.29, 0.717) is 11.0 Å². The zero-order chi connectivity index (χ0) is 14.9. The van der Waals surface area contributed by atoms with Gasteiger partial charge in [0.1, 0.15) is 11.3 Å². The number of hydrogen-bond donors (Lipinski definition) is 1. The van der Waals surface area contributed by atoms with Crippen molar-refractivity contribution < 1.29 is 13.5 Å². The van der Waals surface area contributed by atoms with Gasteiger partial charge in [0.15, 0.2) is 0 Å². The molecule has 2 aromatic heterocycles. The second kappa shape index (κ2) is 5.22. The van der Waals surface area contributed by atoms with Crippen molar-refractivity contribution in [1.82, 2.24) is 13.9 Å². The van der Waals surface area contributed by atoms with Crippen LogP contribution in [0.3, 0.4) is 0 Å². The SMILES string of the molecule is CN(CCn1c(=O)cc(O)c2ncccc21)S(C)(=O)=O. The van der Waals surface area contributed by atoms with Crippen molar-refractivity contribution in [2.24, 2.45) is 0 Å². The predicted octanol–water partition coefficient (Wildman–Crippen LogP) is -0.00650. The number of hydrogen-bond acceptors (Lipinski definition) is 5. The Bertz CT molecular complexity index is 798. The lowest BCUT2D eigenvalue weighted by atomic mass is 10.3. The third-order valence-corrected chi connectivity index (χ3v) is 4.37. The number of rotatable bonds is 4. The molecule has 2 aromatic rings. The minimum absolute atomic E-state index is 0.160. The molecule has 0 unspecified atom stereocenters. The highest BCUT2D eigenvalue weighted by Crippen LogP contribution is 2.19. The predicted molar refractivity (Wildman–Crippen MR) is 75.1 cm³/mol. The van der Waals surface area contributed by atoms with E-state index in [1.54, 1.807) is 12.1 Å². The van der Waals surface area contributed by atoms with E-state index in [1.807, 2.05) is 0 Å². The van der Waals surface area contributed by atoms with Gasteiger partial charge in [-0.2, -0.15) is 0 Å². The summed E-state index contributed by atoms with van der Waals surface area (Å²) < 4.78 is 25.2. The van der Waals surface area contributed by atoms with Crippen molar-refractivity contribution in [1.29, 1.82) is 0 Å². The summed E-state index contributed by atoms with van der Waals surface area (Å²) in [6.07, 6.45) is 2.62. The molecule has 1 N–H and O–H groups in total. The van der Waals surface area contributed by atoms with Crippen LogP contribution in [0.1, 0.15) is 0 Å². The first-order valence-electron chi connectivity index (χ1n) is 5.89. The fourth-order valence-corrected chi connectivity index (χ4v) is 2.24. The van der Waals surface area contributed by atoms with Crippen LogP contribution >= 0.6 is 0 Å². The molecule has 2 rings (SSSR count). The van der Waals surface area contributed by atoms with Gasteiger partial charge in [0.2, 0.25) is 10.0 Å². The van der Waals surface area contributed by atoms with E-state index in [4.69, 9.17) is 0 Å². The fraction of sp³-hybridized carbons (Fsp3) is 0.333. The van der Waals surface area contributed by atoms with Crippen LogP contribution in [-0.2, 0) is 16.6 Å². The first kappa shape index (κ1) is 14.5. The summed E-state index contributed by atoms with van der Waals surface area (Å²) in [6.45, 7) is 0.346. The van der Waals surface area contributed by atoms with Crippen molar-refractivity contribution in [3.8, 4) is 5.75 Å².